The number of aryl methyl sites for hydroxylation is 1. The Labute approximate surface area is 190 Å². The zero-order chi connectivity index (χ0) is 24.3. The Kier molecular flexibility index (Phi) is 7.90. The highest BCUT2D eigenvalue weighted by molar-refractivity contribution is 6.76. The van der Waals surface area contributed by atoms with Gasteiger partial charge in [-0.3, -0.25) is 5.32 Å². The summed E-state index contributed by atoms with van der Waals surface area (Å²) in [7, 11) is 0.0743. The third-order valence-corrected chi connectivity index (χ3v) is 6.68. The SMILES string of the molecule is COC(=O)/C(NC(=O)O)=C(\c1cc(C)c2nn(COCC[Si](C)(C)C)cc2c1)C(C)(C)C. The quantitative estimate of drug-likeness (QED) is 0.252. The number of allylic oxidation sites excluding steroid dienone is 1. The van der Waals surface area contributed by atoms with Crippen molar-refractivity contribution in [1.29, 1.82) is 0 Å². The summed E-state index contributed by atoms with van der Waals surface area (Å²) in [6.45, 7) is 15.7. The van der Waals surface area contributed by atoms with Crippen molar-refractivity contribution in [3.8, 4) is 0 Å². The summed E-state index contributed by atoms with van der Waals surface area (Å²) < 4.78 is 12.4. The molecule has 1 amide bonds. The molecular weight excluding hydrogens is 426 g/mol. The zero-order valence-electron chi connectivity index (χ0n) is 20.3. The van der Waals surface area contributed by atoms with E-state index in [1.54, 1.807) is 4.68 Å². The van der Waals surface area contributed by atoms with Crippen LogP contribution in [0.3, 0.4) is 0 Å². The number of benzene rings is 1. The smallest absolute Gasteiger partial charge is 0.409 e. The van der Waals surface area contributed by atoms with Crippen molar-refractivity contribution >= 4 is 36.6 Å². The van der Waals surface area contributed by atoms with Gasteiger partial charge in [0.15, 0.2) is 0 Å². The normalized spacial score (nSPS) is 13.1. The number of aromatic nitrogens is 2. The summed E-state index contributed by atoms with van der Waals surface area (Å²) in [5.41, 5.74) is 2.41. The van der Waals surface area contributed by atoms with E-state index in [4.69, 9.17) is 9.47 Å². The Morgan fingerprint density at radius 1 is 1.22 bits per heavy atom. The van der Waals surface area contributed by atoms with Crippen molar-refractivity contribution in [3.63, 3.8) is 0 Å². The molecule has 1 heterocycles. The van der Waals surface area contributed by atoms with E-state index >= 15 is 0 Å². The van der Waals surface area contributed by atoms with Gasteiger partial charge in [-0.2, -0.15) is 5.10 Å². The number of nitrogens with zero attached hydrogens (tertiary/aromatic N) is 2. The minimum atomic E-state index is -1.33. The Bertz CT molecular complexity index is 1030. The van der Waals surface area contributed by atoms with Crippen LogP contribution in [0.1, 0.15) is 31.9 Å². The zero-order valence-corrected chi connectivity index (χ0v) is 21.3. The van der Waals surface area contributed by atoms with Crippen molar-refractivity contribution < 1.29 is 24.2 Å². The highest BCUT2D eigenvalue weighted by Crippen LogP contribution is 2.38. The summed E-state index contributed by atoms with van der Waals surface area (Å²) in [5.74, 6) is -0.735. The summed E-state index contributed by atoms with van der Waals surface area (Å²) >= 11 is 0. The fourth-order valence-electron chi connectivity index (χ4n) is 3.48. The molecule has 176 valence electrons. The van der Waals surface area contributed by atoms with E-state index in [0.717, 1.165) is 28.1 Å². The van der Waals surface area contributed by atoms with E-state index in [9.17, 15) is 14.7 Å². The molecule has 1 aromatic carbocycles. The maximum Gasteiger partial charge on any atom is 0.409 e. The fraction of sp³-hybridized carbons (Fsp3) is 0.522. The van der Waals surface area contributed by atoms with Gasteiger partial charge in [0.05, 0.1) is 12.6 Å². The van der Waals surface area contributed by atoms with Crippen LogP contribution in [0.4, 0.5) is 4.79 Å². The van der Waals surface area contributed by atoms with Gasteiger partial charge in [0.25, 0.3) is 0 Å². The van der Waals surface area contributed by atoms with Gasteiger partial charge in [0, 0.05) is 26.3 Å². The summed E-state index contributed by atoms with van der Waals surface area (Å²) in [4.78, 5) is 23.8. The molecular formula is C23H35N3O5Si. The van der Waals surface area contributed by atoms with Crippen LogP contribution in [0.15, 0.2) is 24.0 Å². The number of carbonyl (C=O) groups excluding carboxylic acids is 1. The molecule has 0 spiro atoms. The topological polar surface area (TPSA) is 103 Å². The average Bonchev–Trinajstić information content (AvgIpc) is 3.05. The summed E-state index contributed by atoms with van der Waals surface area (Å²) in [5, 5.41) is 17.1. The number of esters is 1. The van der Waals surface area contributed by atoms with Gasteiger partial charge in [-0.15, -0.1) is 0 Å². The van der Waals surface area contributed by atoms with E-state index in [1.165, 1.54) is 7.11 Å². The van der Waals surface area contributed by atoms with Crippen molar-refractivity contribution in [2.24, 2.45) is 5.41 Å². The Hall–Kier alpha value is -2.65. The molecule has 0 atom stereocenters. The molecule has 2 N–H and O–H groups in total. The van der Waals surface area contributed by atoms with Crippen LogP contribution >= 0.6 is 0 Å². The first-order chi connectivity index (χ1) is 14.7. The molecule has 9 heteroatoms. The first-order valence-corrected chi connectivity index (χ1v) is 14.3. The van der Waals surface area contributed by atoms with Gasteiger partial charge >= 0.3 is 12.1 Å². The number of hydrogen-bond acceptors (Lipinski definition) is 5. The highest BCUT2D eigenvalue weighted by Gasteiger charge is 2.29. The van der Waals surface area contributed by atoms with E-state index in [1.807, 2.05) is 46.0 Å². The number of carbonyl (C=O) groups is 2. The Balaban J connectivity index is 2.50. The van der Waals surface area contributed by atoms with E-state index in [-0.39, 0.29) is 5.70 Å². The molecule has 0 aliphatic heterocycles. The lowest BCUT2D eigenvalue weighted by molar-refractivity contribution is -0.136. The number of carboxylic acid groups (broad SMARTS) is 1. The van der Waals surface area contributed by atoms with Crippen LogP contribution in [-0.4, -0.2) is 48.7 Å². The second-order valence-electron chi connectivity index (χ2n) is 10.2. The second-order valence-corrected chi connectivity index (χ2v) is 15.8. The standard InChI is InChI=1S/C23H35N3O5Si/c1-15-11-16(18(23(2,3)4)20(21(27)30-5)24-22(28)29)12-17-13-26(25-19(15)17)14-31-9-10-32(6,7)8/h11-13,24H,9-10,14H2,1-8H3,(H,28,29)/b20-18-. The van der Waals surface area contributed by atoms with Crippen LogP contribution in [-0.2, 0) is 21.0 Å². The van der Waals surface area contributed by atoms with E-state index < -0.39 is 25.6 Å². The maximum absolute atomic E-state index is 12.4. The first-order valence-electron chi connectivity index (χ1n) is 10.6. The fourth-order valence-corrected chi connectivity index (χ4v) is 4.24. The number of ether oxygens (including phenoxy) is 2. The predicted octanol–water partition coefficient (Wildman–Crippen LogP) is 4.85. The molecule has 0 fully saturated rings. The number of fused-ring (bicyclic) bond motifs is 1. The largest absolute Gasteiger partial charge is 0.465 e. The van der Waals surface area contributed by atoms with E-state index in [2.05, 4.69) is 30.1 Å². The van der Waals surface area contributed by atoms with Crippen molar-refractivity contribution in [2.45, 2.75) is 60.1 Å². The number of amides is 1. The predicted molar refractivity (Wildman–Crippen MR) is 128 cm³/mol. The van der Waals surface area contributed by atoms with Gasteiger partial charge in [-0.1, -0.05) is 40.4 Å². The number of hydrogen-bond donors (Lipinski definition) is 2. The molecule has 0 saturated carbocycles. The van der Waals surface area contributed by atoms with Crippen LogP contribution in [0.5, 0.6) is 0 Å². The summed E-state index contributed by atoms with van der Waals surface area (Å²) in [6, 6.07) is 4.92. The second kappa shape index (κ2) is 9.87. The molecule has 2 aromatic rings. The summed E-state index contributed by atoms with van der Waals surface area (Å²) in [6.07, 6.45) is 0.580. The van der Waals surface area contributed by atoms with Crippen LogP contribution in [0.2, 0.25) is 25.7 Å². The minimum Gasteiger partial charge on any atom is -0.465 e. The van der Waals surface area contributed by atoms with Crippen LogP contribution in [0, 0.1) is 12.3 Å². The third-order valence-electron chi connectivity index (χ3n) is 4.98. The van der Waals surface area contributed by atoms with Gasteiger partial charge in [-0.25, -0.2) is 14.3 Å². The van der Waals surface area contributed by atoms with Crippen molar-refractivity contribution in [1.82, 2.24) is 15.1 Å². The molecule has 0 saturated heterocycles. The molecule has 0 unspecified atom stereocenters. The highest BCUT2D eigenvalue weighted by atomic mass is 28.3. The van der Waals surface area contributed by atoms with Crippen molar-refractivity contribution in [2.75, 3.05) is 13.7 Å². The molecule has 32 heavy (non-hydrogen) atoms. The molecule has 0 aliphatic rings. The third kappa shape index (κ3) is 6.67. The van der Waals surface area contributed by atoms with Crippen molar-refractivity contribution in [3.05, 3.63) is 35.2 Å². The van der Waals surface area contributed by atoms with Gasteiger partial charge < -0.3 is 14.6 Å². The average molecular weight is 462 g/mol. The first kappa shape index (κ1) is 25.6. The number of rotatable bonds is 8. The molecule has 0 radical (unpaired) electrons. The maximum atomic E-state index is 12.4. The lowest BCUT2D eigenvalue weighted by Gasteiger charge is -2.26. The molecule has 0 aliphatic carbocycles. The lowest BCUT2D eigenvalue weighted by atomic mass is 9.80. The molecule has 2 rings (SSSR count). The number of methoxy groups -OCH3 is 1. The number of nitrogens with one attached hydrogen (secondary N) is 1. The van der Waals surface area contributed by atoms with Gasteiger partial charge in [0.1, 0.15) is 12.4 Å². The lowest BCUT2D eigenvalue weighted by Crippen LogP contribution is -2.30. The van der Waals surface area contributed by atoms with Crippen LogP contribution < -0.4 is 5.32 Å². The minimum absolute atomic E-state index is 0.0895. The van der Waals surface area contributed by atoms with Gasteiger partial charge in [0.2, 0.25) is 0 Å². The monoisotopic (exact) mass is 461 g/mol. The van der Waals surface area contributed by atoms with Crippen LogP contribution in [0.25, 0.3) is 16.5 Å². The Morgan fingerprint density at radius 2 is 1.88 bits per heavy atom. The molecule has 8 nitrogen and oxygen atoms in total. The molecule has 0 bridgehead atoms. The van der Waals surface area contributed by atoms with Gasteiger partial charge in [-0.05, 0) is 47.2 Å². The van der Waals surface area contributed by atoms with E-state index in [0.29, 0.717) is 18.9 Å². The molecule has 1 aromatic heterocycles. The Morgan fingerprint density at radius 3 is 2.41 bits per heavy atom.